The Morgan fingerprint density at radius 1 is 1.18 bits per heavy atom. The van der Waals surface area contributed by atoms with Crippen LogP contribution in [0.2, 0.25) is 0 Å². The van der Waals surface area contributed by atoms with Gasteiger partial charge in [0.15, 0.2) is 6.10 Å². The predicted molar refractivity (Wildman–Crippen MR) is 85.6 cm³/mol. The average molecular weight is 299 g/mol. The second-order valence-corrected chi connectivity index (χ2v) is 5.60. The molecule has 0 aliphatic heterocycles. The van der Waals surface area contributed by atoms with E-state index in [4.69, 9.17) is 10.5 Å². The summed E-state index contributed by atoms with van der Waals surface area (Å²) in [7, 11) is 0. The van der Waals surface area contributed by atoms with E-state index in [1.165, 1.54) is 0 Å². The van der Waals surface area contributed by atoms with Crippen LogP contribution in [0.3, 0.4) is 0 Å². The third kappa shape index (κ3) is 3.81. The van der Waals surface area contributed by atoms with Crippen molar-refractivity contribution in [3.63, 3.8) is 0 Å². The van der Waals surface area contributed by atoms with Crippen LogP contribution >= 0.6 is 0 Å². The van der Waals surface area contributed by atoms with Gasteiger partial charge in [0.25, 0.3) is 5.91 Å². The molecule has 1 aromatic carbocycles. The Balaban J connectivity index is 2.35. The molecule has 2 N–H and O–H groups in total. The number of amides is 1. The molecule has 0 aliphatic rings. The van der Waals surface area contributed by atoms with Crippen LogP contribution in [0.5, 0.6) is 5.75 Å². The summed E-state index contributed by atoms with van der Waals surface area (Å²) < 4.78 is 5.53. The lowest BCUT2D eigenvalue weighted by atomic mass is 10.1. The average Bonchev–Trinajstić information content (AvgIpc) is 2.46. The first-order valence-electron chi connectivity index (χ1n) is 7.29. The number of carbonyl (C=O) groups excluding carboxylic acids is 1. The number of primary amides is 1. The molecule has 2 aromatic rings. The summed E-state index contributed by atoms with van der Waals surface area (Å²) in [6.07, 6.45) is -0.673. The smallest absolute Gasteiger partial charge is 0.258 e. The molecule has 5 nitrogen and oxygen atoms in total. The minimum absolute atomic E-state index is 0.257. The van der Waals surface area contributed by atoms with E-state index in [0.29, 0.717) is 5.75 Å². The van der Waals surface area contributed by atoms with E-state index < -0.39 is 12.0 Å². The number of rotatable bonds is 5. The number of hydrogen-bond acceptors (Lipinski definition) is 4. The zero-order valence-electron chi connectivity index (χ0n) is 13.3. The zero-order chi connectivity index (χ0) is 16.3. The number of nitrogens with two attached hydrogens (primary N) is 1. The molecule has 116 valence electrons. The maximum Gasteiger partial charge on any atom is 0.258 e. The Morgan fingerprint density at radius 2 is 1.91 bits per heavy atom. The predicted octanol–water partition coefficient (Wildman–Crippen LogP) is 2.83. The standard InChI is InChI=1S/C17H21N3O2/c1-10(2)17-19-11(3)8-15(20-17)13-6-5-7-14(9-13)22-12(4)16(18)21/h5-10,12H,1-4H3,(H2,18,21). The summed E-state index contributed by atoms with van der Waals surface area (Å²) in [5, 5.41) is 0. The van der Waals surface area contributed by atoms with E-state index in [1.807, 2.05) is 31.2 Å². The van der Waals surface area contributed by atoms with Gasteiger partial charge in [-0.1, -0.05) is 26.0 Å². The van der Waals surface area contributed by atoms with E-state index >= 15 is 0 Å². The fraction of sp³-hybridized carbons (Fsp3) is 0.353. The number of hydrogen-bond donors (Lipinski definition) is 1. The summed E-state index contributed by atoms with van der Waals surface area (Å²) in [6.45, 7) is 7.70. The van der Waals surface area contributed by atoms with Crippen molar-refractivity contribution in [3.8, 4) is 17.0 Å². The Bertz CT molecular complexity index is 683. The van der Waals surface area contributed by atoms with Gasteiger partial charge in [-0.15, -0.1) is 0 Å². The molecule has 1 amide bonds. The highest BCUT2D eigenvalue weighted by Crippen LogP contribution is 2.24. The highest BCUT2D eigenvalue weighted by atomic mass is 16.5. The Morgan fingerprint density at radius 3 is 2.55 bits per heavy atom. The first-order chi connectivity index (χ1) is 10.4. The molecule has 0 aliphatic carbocycles. The van der Waals surface area contributed by atoms with Crippen molar-refractivity contribution in [2.75, 3.05) is 0 Å². The summed E-state index contributed by atoms with van der Waals surface area (Å²) in [5.41, 5.74) is 7.90. The van der Waals surface area contributed by atoms with Gasteiger partial charge in [0.2, 0.25) is 0 Å². The molecule has 1 atom stereocenters. The quantitative estimate of drug-likeness (QED) is 0.920. The van der Waals surface area contributed by atoms with Crippen molar-refractivity contribution >= 4 is 5.91 Å². The molecular formula is C17H21N3O2. The van der Waals surface area contributed by atoms with Gasteiger partial charge in [0.05, 0.1) is 5.69 Å². The number of ether oxygens (including phenoxy) is 1. The van der Waals surface area contributed by atoms with Crippen LogP contribution < -0.4 is 10.5 Å². The van der Waals surface area contributed by atoms with Crippen molar-refractivity contribution in [2.45, 2.75) is 39.7 Å². The van der Waals surface area contributed by atoms with E-state index in [0.717, 1.165) is 22.8 Å². The first-order valence-corrected chi connectivity index (χ1v) is 7.29. The van der Waals surface area contributed by atoms with Crippen LogP contribution in [0.1, 0.15) is 38.2 Å². The molecule has 22 heavy (non-hydrogen) atoms. The lowest BCUT2D eigenvalue weighted by Gasteiger charge is -2.13. The van der Waals surface area contributed by atoms with Crippen LogP contribution in [0.25, 0.3) is 11.3 Å². The molecular weight excluding hydrogens is 278 g/mol. The largest absolute Gasteiger partial charge is 0.481 e. The number of aryl methyl sites for hydroxylation is 1. The maximum atomic E-state index is 11.1. The lowest BCUT2D eigenvalue weighted by Crippen LogP contribution is -2.30. The molecule has 0 saturated heterocycles. The van der Waals surface area contributed by atoms with E-state index in [2.05, 4.69) is 23.8 Å². The van der Waals surface area contributed by atoms with Gasteiger partial charge >= 0.3 is 0 Å². The van der Waals surface area contributed by atoms with Crippen molar-refractivity contribution in [2.24, 2.45) is 5.73 Å². The molecule has 5 heteroatoms. The lowest BCUT2D eigenvalue weighted by molar-refractivity contribution is -0.123. The third-order valence-electron chi connectivity index (χ3n) is 3.23. The van der Waals surface area contributed by atoms with Gasteiger partial charge in [-0.05, 0) is 32.0 Å². The third-order valence-corrected chi connectivity index (χ3v) is 3.23. The van der Waals surface area contributed by atoms with Crippen molar-refractivity contribution in [1.82, 2.24) is 9.97 Å². The molecule has 0 fully saturated rings. The Hall–Kier alpha value is -2.43. The van der Waals surface area contributed by atoms with Crippen LogP contribution in [-0.4, -0.2) is 22.0 Å². The number of benzene rings is 1. The van der Waals surface area contributed by atoms with Crippen LogP contribution in [0, 0.1) is 6.92 Å². The SMILES string of the molecule is Cc1cc(-c2cccc(OC(C)C(N)=O)c2)nc(C(C)C)n1. The van der Waals surface area contributed by atoms with Gasteiger partial charge in [0.1, 0.15) is 11.6 Å². The zero-order valence-corrected chi connectivity index (χ0v) is 13.3. The summed E-state index contributed by atoms with van der Waals surface area (Å²) >= 11 is 0. The summed E-state index contributed by atoms with van der Waals surface area (Å²) in [6, 6.07) is 9.40. The minimum Gasteiger partial charge on any atom is -0.481 e. The van der Waals surface area contributed by atoms with Crippen molar-refractivity contribution < 1.29 is 9.53 Å². The molecule has 0 radical (unpaired) electrons. The van der Waals surface area contributed by atoms with Gasteiger partial charge < -0.3 is 10.5 Å². The van der Waals surface area contributed by atoms with E-state index in [9.17, 15) is 4.79 Å². The molecule has 2 rings (SSSR count). The van der Waals surface area contributed by atoms with Gasteiger partial charge in [-0.25, -0.2) is 9.97 Å². The monoisotopic (exact) mass is 299 g/mol. The normalized spacial score (nSPS) is 12.2. The van der Waals surface area contributed by atoms with Gasteiger partial charge in [-0.2, -0.15) is 0 Å². The van der Waals surface area contributed by atoms with Crippen molar-refractivity contribution in [3.05, 3.63) is 41.9 Å². The topological polar surface area (TPSA) is 78.1 Å². The molecule has 0 bridgehead atoms. The van der Waals surface area contributed by atoms with Crippen molar-refractivity contribution in [1.29, 1.82) is 0 Å². The second kappa shape index (κ2) is 6.56. The molecule has 1 aromatic heterocycles. The minimum atomic E-state index is -0.673. The molecule has 1 heterocycles. The maximum absolute atomic E-state index is 11.1. The highest BCUT2D eigenvalue weighted by Gasteiger charge is 2.12. The molecule has 1 unspecified atom stereocenters. The van der Waals surface area contributed by atoms with Crippen LogP contribution in [0.15, 0.2) is 30.3 Å². The molecule has 0 spiro atoms. The van der Waals surface area contributed by atoms with Crippen LogP contribution in [-0.2, 0) is 4.79 Å². The number of aromatic nitrogens is 2. The fourth-order valence-electron chi connectivity index (χ4n) is 1.99. The number of carbonyl (C=O) groups is 1. The summed E-state index contributed by atoms with van der Waals surface area (Å²) in [4.78, 5) is 20.1. The Labute approximate surface area is 130 Å². The summed E-state index contributed by atoms with van der Waals surface area (Å²) in [5.74, 6) is 1.16. The second-order valence-electron chi connectivity index (χ2n) is 5.60. The fourth-order valence-corrected chi connectivity index (χ4v) is 1.99. The van der Waals surface area contributed by atoms with Gasteiger partial charge in [0, 0.05) is 17.2 Å². The van der Waals surface area contributed by atoms with Crippen LogP contribution in [0.4, 0.5) is 0 Å². The molecule has 0 saturated carbocycles. The van der Waals surface area contributed by atoms with E-state index in [1.54, 1.807) is 13.0 Å². The Kier molecular flexibility index (Phi) is 4.75. The van der Waals surface area contributed by atoms with Gasteiger partial charge in [-0.3, -0.25) is 4.79 Å². The highest BCUT2D eigenvalue weighted by molar-refractivity contribution is 5.78. The first kappa shape index (κ1) is 15.9. The number of nitrogens with zero attached hydrogens (tertiary/aromatic N) is 2. The van der Waals surface area contributed by atoms with E-state index in [-0.39, 0.29) is 5.92 Å².